The number of hydrogen-bond acceptors (Lipinski definition) is 5. The topological polar surface area (TPSA) is 24.9 Å². The molecule has 0 saturated carbocycles. The van der Waals surface area contributed by atoms with E-state index in [1.54, 1.807) is 0 Å². The van der Waals surface area contributed by atoms with Gasteiger partial charge in [-0.2, -0.15) is 0 Å². The van der Waals surface area contributed by atoms with Crippen molar-refractivity contribution < 1.29 is 7.80 Å². The Balaban J connectivity index is 1.63. The molecule has 6 heteroatoms. The number of benzene rings is 1. The summed E-state index contributed by atoms with van der Waals surface area (Å²) in [6, 6.07) is 10.8. The molecule has 2 heterocycles. The summed E-state index contributed by atoms with van der Waals surface area (Å²) in [4.78, 5) is 0. The van der Waals surface area contributed by atoms with Gasteiger partial charge in [0.05, 0.1) is 19.3 Å². The van der Waals surface area contributed by atoms with E-state index in [-0.39, 0.29) is 0 Å². The third kappa shape index (κ3) is 4.56. The van der Waals surface area contributed by atoms with Crippen LogP contribution in [-0.2, 0) is 7.80 Å². The van der Waals surface area contributed by atoms with E-state index < -0.39 is 0 Å². The summed E-state index contributed by atoms with van der Waals surface area (Å²) < 4.78 is 15.9. The molecule has 2 atom stereocenters. The van der Waals surface area contributed by atoms with Crippen LogP contribution in [-0.4, -0.2) is 54.1 Å². The molecular weight excluding hydrogens is 399 g/mol. The maximum atomic E-state index is 5.63. The van der Waals surface area contributed by atoms with Crippen molar-refractivity contribution in [1.29, 1.82) is 0 Å². The minimum Gasteiger partial charge on any atom is -0.379 e. The van der Waals surface area contributed by atoms with Gasteiger partial charge in [0, 0.05) is 44.2 Å². The Bertz CT molecular complexity index is 431. The molecular formula is C15H21IN2O2S. The van der Waals surface area contributed by atoms with E-state index in [0.717, 1.165) is 45.8 Å². The molecule has 0 aliphatic carbocycles. The van der Waals surface area contributed by atoms with Crippen molar-refractivity contribution in [3.05, 3.63) is 35.9 Å². The summed E-state index contributed by atoms with van der Waals surface area (Å²) in [5.41, 5.74) is 1.42. The van der Waals surface area contributed by atoms with Crippen molar-refractivity contribution in [3.63, 3.8) is 0 Å². The van der Waals surface area contributed by atoms with Crippen LogP contribution in [0.2, 0.25) is 0 Å². The molecule has 2 aliphatic rings. The fourth-order valence-electron chi connectivity index (χ4n) is 2.90. The zero-order valence-electron chi connectivity index (χ0n) is 12.0. The van der Waals surface area contributed by atoms with E-state index in [0.29, 0.717) is 12.0 Å². The summed E-state index contributed by atoms with van der Waals surface area (Å²) in [7, 11) is 0. The van der Waals surface area contributed by atoms with Crippen molar-refractivity contribution in [3.8, 4) is 0 Å². The normalized spacial score (nSPS) is 28.6. The first kappa shape index (κ1) is 16.0. The number of nitrogens with zero attached hydrogens (tertiary/aromatic N) is 2. The smallest absolute Gasteiger partial charge is 0.110 e. The minimum atomic E-state index is 0.304. The minimum absolute atomic E-state index is 0.304. The Kier molecular flexibility index (Phi) is 6.19. The van der Waals surface area contributed by atoms with Crippen molar-refractivity contribution in [1.82, 2.24) is 8.61 Å². The quantitative estimate of drug-likeness (QED) is 0.551. The molecule has 0 amide bonds. The fraction of sp³-hybridized carbons (Fsp3) is 0.600. The summed E-state index contributed by atoms with van der Waals surface area (Å²) in [5.74, 6) is 0.549. The first-order chi connectivity index (χ1) is 10.3. The van der Waals surface area contributed by atoms with Gasteiger partial charge in [0.1, 0.15) is 23.0 Å². The van der Waals surface area contributed by atoms with Crippen LogP contribution in [0, 0.1) is 0 Å². The van der Waals surface area contributed by atoms with Crippen molar-refractivity contribution in [2.45, 2.75) is 18.4 Å². The summed E-state index contributed by atoms with van der Waals surface area (Å²) in [5, 5.41) is 0. The molecule has 1 aromatic rings. The molecule has 21 heavy (non-hydrogen) atoms. The standard InChI is InChI=1S/C15H21IN2O2S/c16-20-15-10-14(13-4-2-1-3-5-13)11-18(12-15)21-17-6-8-19-9-7-17/h1-5,14-15H,6-12H2. The number of ether oxygens (including phenoxy) is 1. The van der Waals surface area contributed by atoms with Crippen molar-refractivity contribution in [2.75, 3.05) is 39.4 Å². The van der Waals surface area contributed by atoms with Crippen LogP contribution < -0.4 is 0 Å². The average Bonchev–Trinajstić information content (AvgIpc) is 2.56. The van der Waals surface area contributed by atoms with Crippen LogP contribution >= 0.6 is 35.1 Å². The van der Waals surface area contributed by atoms with Gasteiger partial charge in [-0.05, 0) is 12.0 Å². The third-order valence-electron chi connectivity index (χ3n) is 3.98. The molecule has 1 aromatic carbocycles. The SMILES string of the molecule is IOC1CC(c2ccccc2)CN(SN2CCOCC2)C1. The molecule has 0 N–H and O–H groups in total. The lowest BCUT2D eigenvalue weighted by atomic mass is 9.90. The molecule has 0 aromatic heterocycles. The molecule has 3 rings (SSSR count). The molecule has 0 bridgehead atoms. The maximum absolute atomic E-state index is 5.63. The number of hydrogen-bond donors (Lipinski definition) is 0. The summed E-state index contributed by atoms with van der Waals surface area (Å²) >= 11 is 3.91. The molecule has 2 unspecified atom stereocenters. The van der Waals surface area contributed by atoms with Crippen LogP contribution in [0.4, 0.5) is 0 Å². The van der Waals surface area contributed by atoms with Gasteiger partial charge < -0.3 is 7.80 Å². The number of halogens is 1. The van der Waals surface area contributed by atoms with Crippen LogP contribution in [0.3, 0.4) is 0 Å². The predicted molar refractivity (Wildman–Crippen MR) is 94.2 cm³/mol. The monoisotopic (exact) mass is 420 g/mol. The largest absolute Gasteiger partial charge is 0.379 e. The molecule has 2 aliphatic heterocycles. The van der Waals surface area contributed by atoms with Gasteiger partial charge in [0.2, 0.25) is 0 Å². The van der Waals surface area contributed by atoms with Gasteiger partial charge in [0.15, 0.2) is 0 Å². The molecule has 116 valence electrons. The van der Waals surface area contributed by atoms with E-state index in [2.05, 4.69) is 38.9 Å². The number of morpholine rings is 1. The van der Waals surface area contributed by atoms with Gasteiger partial charge in [-0.25, -0.2) is 8.61 Å². The Hall–Kier alpha value is 0.140. The van der Waals surface area contributed by atoms with Crippen LogP contribution in [0.25, 0.3) is 0 Å². The lowest BCUT2D eigenvalue weighted by Gasteiger charge is -2.38. The molecule has 0 radical (unpaired) electrons. The first-order valence-corrected chi connectivity index (χ1v) is 9.04. The predicted octanol–water partition coefficient (Wildman–Crippen LogP) is 3.11. The second kappa shape index (κ2) is 8.12. The van der Waals surface area contributed by atoms with E-state index in [1.807, 2.05) is 35.1 Å². The number of piperidine rings is 1. The lowest BCUT2D eigenvalue weighted by molar-refractivity contribution is 0.0743. The fourth-order valence-corrected chi connectivity index (χ4v) is 4.39. The third-order valence-corrected chi connectivity index (χ3v) is 5.82. The Morgan fingerprint density at radius 2 is 1.86 bits per heavy atom. The van der Waals surface area contributed by atoms with E-state index in [4.69, 9.17) is 7.80 Å². The van der Waals surface area contributed by atoms with E-state index in [9.17, 15) is 0 Å². The molecule has 2 saturated heterocycles. The second-order valence-corrected chi connectivity index (χ2v) is 7.23. The molecule has 4 nitrogen and oxygen atoms in total. The highest BCUT2D eigenvalue weighted by atomic mass is 127. The van der Waals surface area contributed by atoms with Crippen molar-refractivity contribution >= 4 is 35.1 Å². The van der Waals surface area contributed by atoms with Gasteiger partial charge in [-0.1, -0.05) is 30.3 Å². The summed E-state index contributed by atoms with van der Waals surface area (Å²) in [6.07, 6.45) is 1.41. The second-order valence-electron chi connectivity index (χ2n) is 5.52. The Labute approximate surface area is 145 Å². The van der Waals surface area contributed by atoms with Gasteiger partial charge >= 0.3 is 0 Å². The lowest BCUT2D eigenvalue weighted by Crippen LogP contribution is -2.42. The van der Waals surface area contributed by atoms with Crippen LogP contribution in [0.1, 0.15) is 17.9 Å². The summed E-state index contributed by atoms with van der Waals surface area (Å²) in [6.45, 7) is 5.78. The maximum Gasteiger partial charge on any atom is 0.110 e. The first-order valence-electron chi connectivity index (χ1n) is 7.43. The highest BCUT2D eigenvalue weighted by Crippen LogP contribution is 2.33. The van der Waals surface area contributed by atoms with Crippen LogP contribution in [0.15, 0.2) is 30.3 Å². The van der Waals surface area contributed by atoms with E-state index in [1.165, 1.54) is 5.56 Å². The van der Waals surface area contributed by atoms with Gasteiger partial charge in [0.25, 0.3) is 0 Å². The van der Waals surface area contributed by atoms with Gasteiger partial charge in [-0.3, -0.25) is 0 Å². The zero-order valence-corrected chi connectivity index (χ0v) is 15.0. The molecule has 0 spiro atoms. The average molecular weight is 420 g/mol. The highest BCUT2D eigenvalue weighted by Gasteiger charge is 2.30. The van der Waals surface area contributed by atoms with Crippen molar-refractivity contribution in [2.24, 2.45) is 0 Å². The Morgan fingerprint density at radius 3 is 2.57 bits per heavy atom. The number of rotatable bonds is 4. The van der Waals surface area contributed by atoms with Gasteiger partial charge in [-0.15, -0.1) is 0 Å². The molecule has 2 fully saturated rings. The highest BCUT2D eigenvalue weighted by molar-refractivity contribution is 14.1. The Morgan fingerprint density at radius 1 is 1.10 bits per heavy atom. The van der Waals surface area contributed by atoms with E-state index >= 15 is 0 Å². The van der Waals surface area contributed by atoms with Crippen LogP contribution in [0.5, 0.6) is 0 Å². The zero-order chi connectivity index (χ0) is 14.5.